The van der Waals surface area contributed by atoms with E-state index in [1.807, 2.05) is 29.6 Å². The molecule has 0 aliphatic rings. The van der Waals surface area contributed by atoms with Crippen LogP contribution in [0.5, 0.6) is 0 Å². The second-order valence-corrected chi connectivity index (χ2v) is 14.7. The first-order chi connectivity index (χ1) is 22.5. The van der Waals surface area contributed by atoms with Crippen molar-refractivity contribution in [2.45, 2.75) is 31.6 Å². The van der Waals surface area contributed by atoms with Crippen molar-refractivity contribution in [1.82, 2.24) is 19.7 Å². The Morgan fingerprint density at radius 3 is 2.49 bits per heavy atom. The molecule has 0 saturated carbocycles. The molecular weight excluding hydrogens is 647 g/mol. The molecule has 47 heavy (non-hydrogen) atoms. The van der Waals surface area contributed by atoms with Crippen molar-refractivity contribution in [2.24, 2.45) is 4.99 Å². The third-order valence-corrected chi connectivity index (χ3v) is 9.20. The van der Waals surface area contributed by atoms with Gasteiger partial charge in [-0.1, -0.05) is 37.3 Å². The number of aliphatic imine (C=N–C) groups is 1. The van der Waals surface area contributed by atoms with Gasteiger partial charge in [0.25, 0.3) is 0 Å². The molecule has 3 aromatic carbocycles. The Balaban J connectivity index is 1.45. The van der Waals surface area contributed by atoms with E-state index in [4.69, 9.17) is 19.0 Å². The standard InChI is InChI=1S/C33H32F2N5O5PS/c1-22(31-39-30(17-47-31)24-9-12-27(36-2)13-10-24)33(18-40-20-37-19-38-40,28-14-11-26(34)15-29(28)35)44-21-43-32(41)25-7-5-23(6-8-25)16-45-46(3,4)42/h5-15,17,19-20,22H,2,16,18,21H2,1,3-4H3/t22-,33?/m0/s1. The van der Waals surface area contributed by atoms with Gasteiger partial charge in [-0.25, -0.2) is 28.2 Å². The molecule has 0 aliphatic carbocycles. The van der Waals surface area contributed by atoms with Crippen LogP contribution < -0.4 is 0 Å². The second kappa shape index (κ2) is 14.6. The lowest BCUT2D eigenvalue weighted by molar-refractivity contribution is -0.148. The van der Waals surface area contributed by atoms with E-state index >= 15 is 4.39 Å². The minimum absolute atomic E-state index is 0.0181. The Morgan fingerprint density at radius 1 is 1.11 bits per heavy atom. The third-order valence-electron chi connectivity index (χ3n) is 7.43. The maximum atomic E-state index is 15.7. The summed E-state index contributed by atoms with van der Waals surface area (Å²) in [7, 11) is -2.67. The van der Waals surface area contributed by atoms with E-state index in [0.717, 1.165) is 23.3 Å². The van der Waals surface area contributed by atoms with E-state index in [9.17, 15) is 13.8 Å². The summed E-state index contributed by atoms with van der Waals surface area (Å²) in [5.41, 5.74) is 1.63. The lowest BCUT2D eigenvalue weighted by atomic mass is 9.81. The van der Waals surface area contributed by atoms with E-state index in [-0.39, 0.29) is 24.3 Å². The molecule has 1 unspecified atom stereocenters. The van der Waals surface area contributed by atoms with E-state index in [1.165, 1.54) is 48.1 Å². The number of rotatable bonds is 14. The highest BCUT2D eigenvalue weighted by Gasteiger charge is 2.45. The van der Waals surface area contributed by atoms with Crippen molar-refractivity contribution in [3.8, 4) is 11.3 Å². The van der Waals surface area contributed by atoms with Crippen LogP contribution >= 0.6 is 18.7 Å². The highest BCUT2D eigenvalue weighted by atomic mass is 32.1. The maximum absolute atomic E-state index is 15.7. The summed E-state index contributed by atoms with van der Waals surface area (Å²) in [6, 6.07) is 17.0. The van der Waals surface area contributed by atoms with Crippen LogP contribution in [0.1, 0.15) is 39.3 Å². The molecule has 5 rings (SSSR count). The van der Waals surface area contributed by atoms with Crippen molar-refractivity contribution < 1.29 is 32.1 Å². The zero-order valence-corrected chi connectivity index (χ0v) is 27.6. The van der Waals surface area contributed by atoms with Gasteiger partial charge in [-0.15, -0.1) is 11.3 Å². The van der Waals surface area contributed by atoms with Crippen LogP contribution in [0.25, 0.3) is 11.3 Å². The molecule has 0 amide bonds. The average Bonchev–Trinajstić information content (AvgIpc) is 3.76. The van der Waals surface area contributed by atoms with Crippen LogP contribution in [0.3, 0.4) is 0 Å². The Labute approximate surface area is 274 Å². The van der Waals surface area contributed by atoms with Gasteiger partial charge in [-0.2, -0.15) is 5.10 Å². The Kier molecular flexibility index (Phi) is 10.5. The summed E-state index contributed by atoms with van der Waals surface area (Å²) in [6.45, 7) is 7.87. The number of carbonyl (C=O) groups is 1. The third kappa shape index (κ3) is 8.30. The van der Waals surface area contributed by atoms with Gasteiger partial charge in [0.15, 0.2) is 14.2 Å². The number of esters is 1. The fraction of sp³-hybridized carbons (Fsp3) is 0.242. The first-order valence-electron chi connectivity index (χ1n) is 14.4. The first-order valence-corrected chi connectivity index (χ1v) is 17.8. The van der Waals surface area contributed by atoms with Gasteiger partial charge in [0.1, 0.15) is 29.9 Å². The van der Waals surface area contributed by atoms with Gasteiger partial charge >= 0.3 is 5.97 Å². The van der Waals surface area contributed by atoms with Crippen LogP contribution in [0.15, 0.2) is 89.8 Å². The molecule has 0 bridgehead atoms. The molecule has 0 aliphatic heterocycles. The first kappa shape index (κ1) is 33.9. The predicted octanol–water partition coefficient (Wildman–Crippen LogP) is 7.60. The predicted molar refractivity (Wildman–Crippen MR) is 175 cm³/mol. The van der Waals surface area contributed by atoms with E-state index < -0.39 is 43.3 Å². The quantitative estimate of drug-likeness (QED) is 0.0510. The highest BCUT2D eigenvalue weighted by molar-refractivity contribution is 7.57. The number of benzene rings is 3. The zero-order chi connectivity index (χ0) is 33.6. The Morgan fingerprint density at radius 2 is 1.85 bits per heavy atom. The largest absolute Gasteiger partial charge is 0.435 e. The molecule has 2 aromatic heterocycles. The van der Waals surface area contributed by atoms with Gasteiger partial charge in [-0.3, -0.25) is 9.56 Å². The van der Waals surface area contributed by atoms with Crippen molar-refractivity contribution in [3.63, 3.8) is 0 Å². The molecule has 2 heterocycles. The van der Waals surface area contributed by atoms with Crippen molar-refractivity contribution in [2.75, 3.05) is 20.1 Å². The number of thiazole rings is 1. The molecule has 244 valence electrons. The Bertz CT molecular complexity index is 1880. The van der Waals surface area contributed by atoms with Gasteiger partial charge in [0.05, 0.1) is 35.1 Å². The van der Waals surface area contributed by atoms with Crippen LogP contribution in [0.4, 0.5) is 14.5 Å². The lowest BCUT2D eigenvalue weighted by Crippen LogP contribution is -2.42. The number of aromatic nitrogens is 4. The molecule has 0 N–H and O–H groups in total. The molecule has 2 atom stereocenters. The lowest BCUT2D eigenvalue weighted by Gasteiger charge is -2.38. The summed E-state index contributed by atoms with van der Waals surface area (Å²) < 4.78 is 60.4. The molecule has 0 spiro atoms. The number of hydrogen-bond acceptors (Lipinski definition) is 10. The van der Waals surface area contributed by atoms with Crippen LogP contribution in [0.2, 0.25) is 0 Å². The van der Waals surface area contributed by atoms with E-state index in [2.05, 4.69) is 21.8 Å². The minimum Gasteiger partial charge on any atom is -0.435 e. The summed E-state index contributed by atoms with van der Waals surface area (Å²) in [5.74, 6) is -2.96. The normalized spacial score (nSPS) is 13.6. The maximum Gasteiger partial charge on any atom is 0.340 e. The number of nitrogens with zero attached hydrogens (tertiary/aromatic N) is 5. The topological polar surface area (TPSA) is 118 Å². The fourth-order valence-corrected chi connectivity index (χ4v) is 6.31. The number of carbonyl (C=O) groups excluding carboxylic acids is 1. The molecule has 5 aromatic rings. The molecule has 14 heteroatoms. The number of halogens is 2. The number of ether oxygens (including phenoxy) is 2. The summed E-state index contributed by atoms with van der Waals surface area (Å²) in [6.07, 6.45) is 2.77. The van der Waals surface area contributed by atoms with E-state index in [1.54, 1.807) is 31.2 Å². The molecule has 0 radical (unpaired) electrons. The smallest absolute Gasteiger partial charge is 0.340 e. The molecular formula is C33H32F2N5O5PS. The SMILES string of the molecule is C=Nc1ccc(-c2csc([C@H](C)C(Cn3cncn3)(OCOC(=O)c3ccc(COP(C)(C)=O)cc3)c3ccc(F)cc3F)n2)cc1. The molecule has 0 fully saturated rings. The van der Waals surface area contributed by atoms with Crippen LogP contribution in [-0.2, 0) is 37.3 Å². The monoisotopic (exact) mass is 679 g/mol. The van der Waals surface area contributed by atoms with Crippen LogP contribution in [0, 0.1) is 11.6 Å². The van der Waals surface area contributed by atoms with Crippen molar-refractivity contribution >= 4 is 37.1 Å². The van der Waals surface area contributed by atoms with Gasteiger partial charge in [-0.05, 0) is 42.6 Å². The van der Waals surface area contributed by atoms with E-state index in [0.29, 0.717) is 16.4 Å². The summed E-state index contributed by atoms with van der Waals surface area (Å²) in [5, 5.41) is 6.67. The highest BCUT2D eigenvalue weighted by Crippen LogP contribution is 2.45. The van der Waals surface area contributed by atoms with Gasteiger partial charge < -0.3 is 14.0 Å². The van der Waals surface area contributed by atoms with Crippen molar-refractivity contribution in [3.05, 3.63) is 118 Å². The number of hydrogen-bond donors (Lipinski definition) is 0. The molecule has 0 saturated heterocycles. The zero-order valence-electron chi connectivity index (χ0n) is 25.9. The second-order valence-electron chi connectivity index (χ2n) is 11.0. The van der Waals surface area contributed by atoms with Crippen LogP contribution in [-0.4, -0.2) is 52.6 Å². The fourth-order valence-electron chi connectivity index (χ4n) is 4.89. The Hall–Kier alpha value is -4.42. The minimum atomic E-state index is -2.67. The average molecular weight is 680 g/mol. The van der Waals surface area contributed by atoms with Gasteiger partial charge in [0.2, 0.25) is 0 Å². The van der Waals surface area contributed by atoms with Crippen molar-refractivity contribution in [1.29, 1.82) is 0 Å². The summed E-state index contributed by atoms with van der Waals surface area (Å²) >= 11 is 1.34. The molecule has 10 nitrogen and oxygen atoms in total. The van der Waals surface area contributed by atoms with Gasteiger partial charge in [0, 0.05) is 41.8 Å². The summed E-state index contributed by atoms with van der Waals surface area (Å²) in [4.78, 5) is 25.8.